The highest BCUT2D eigenvalue weighted by Crippen LogP contribution is 2.38. The van der Waals surface area contributed by atoms with E-state index in [9.17, 15) is 45.5 Å². The summed E-state index contributed by atoms with van der Waals surface area (Å²) >= 11 is 0. The first-order valence-corrected chi connectivity index (χ1v) is 23.2. The van der Waals surface area contributed by atoms with Gasteiger partial charge in [-0.2, -0.15) is 26.3 Å². The van der Waals surface area contributed by atoms with E-state index in [-0.39, 0.29) is 86.4 Å². The minimum atomic E-state index is -4.43. The van der Waals surface area contributed by atoms with E-state index in [2.05, 4.69) is 0 Å². The Balaban J connectivity index is 0.000000261. The molecule has 0 fully saturated rings. The number of alkyl halides is 6. The highest BCUT2D eigenvalue weighted by molar-refractivity contribution is 5.97. The quantitative estimate of drug-likeness (QED) is 0.0716. The Bertz CT molecular complexity index is 2480. The fraction of sp³-hybridized carbons (Fsp3) is 0.462. The van der Waals surface area contributed by atoms with Crippen LogP contribution in [0.2, 0.25) is 0 Å². The Labute approximate surface area is 405 Å². The van der Waals surface area contributed by atoms with Crippen LogP contribution in [-0.2, 0) is 62.3 Å². The van der Waals surface area contributed by atoms with Crippen molar-refractivity contribution >= 4 is 35.1 Å². The lowest BCUT2D eigenvalue weighted by Gasteiger charge is -2.22. The molecule has 2 amide bonds. The van der Waals surface area contributed by atoms with Crippen molar-refractivity contribution in [2.75, 3.05) is 69.8 Å². The number of carbonyl (C=O) groups excluding carboxylic acids is 3. The Morgan fingerprint density at radius 3 is 1.41 bits per heavy atom. The van der Waals surface area contributed by atoms with Crippen LogP contribution in [-0.4, -0.2) is 98.6 Å². The number of carboxylic acids is 1. The number of rotatable bonds is 19. The van der Waals surface area contributed by atoms with Crippen molar-refractivity contribution in [2.45, 2.75) is 97.7 Å². The first-order valence-electron chi connectivity index (χ1n) is 23.2. The van der Waals surface area contributed by atoms with Crippen molar-refractivity contribution in [1.82, 2.24) is 9.80 Å². The number of aliphatic carboxylic acids is 1. The van der Waals surface area contributed by atoms with E-state index < -0.39 is 29.4 Å². The molecule has 2 aliphatic heterocycles. The molecular weight excluding hydrogens is 923 g/mol. The first kappa shape index (κ1) is 54.8. The van der Waals surface area contributed by atoms with Gasteiger partial charge in [0.1, 0.15) is 24.7 Å². The fourth-order valence-electron chi connectivity index (χ4n) is 8.26. The summed E-state index contributed by atoms with van der Waals surface area (Å²) in [7, 11) is 3.48. The van der Waals surface area contributed by atoms with Gasteiger partial charge in [0, 0.05) is 37.6 Å². The average molecular weight is 985 g/mol. The smallest absolute Gasteiger partial charge is 0.416 e. The minimum absolute atomic E-state index is 0.00272. The molecule has 0 unspecified atom stereocenters. The molecule has 0 aromatic heterocycles. The second-order valence-electron chi connectivity index (χ2n) is 18.1. The van der Waals surface area contributed by atoms with E-state index in [4.69, 9.17) is 19.3 Å². The number of esters is 1. The summed E-state index contributed by atoms with van der Waals surface area (Å²) in [6.07, 6.45) is -7.37. The summed E-state index contributed by atoms with van der Waals surface area (Å²) in [5.74, 6) is -0.819. The third-order valence-corrected chi connectivity index (χ3v) is 11.9. The highest BCUT2D eigenvalue weighted by atomic mass is 19.4. The van der Waals surface area contributed by atoms with E-state index in [1.165, 1.54) is 12.1 Å². The lowest BCUT2D eigenvalue weighted by atomic mass is 9.95. The molecule has 4 aromatic rings. The van der Waals surface area contributed by atoms with Gasteiger partial charge in [0.05, 0.1) is 43.7 Å². The van der Waals surface area contributed by atoms with Crippen molar-refractivity contribution in [3.8, 4) is 11.5 Å². The number of benzene rings is 4. The maximum Gasteiger partial charge on any atom is 0.416 e. The van der Waals surface area contributed by atoms with Crippen molar-refractivity contribution in [3.63, 3.8) is 0 Å². The summed E-state index contributed by atoms with van der Waals surface area (Å²) in [6.45, 7) is 11.1. The van der Waals surface area contributed by atoms with Gasteiger partial charge in [0.2, 0.25) is 11.8 Å². The van der Waals surface area contributed by atoms with Gasteiger partial charge < -0.3 is 29.1 Å². The molecule has 4 aromatic carbocycles. The van der Waals surface area contributed by atoms with Crippen LogP contribution in [0.5, 0.6) is 11.5 Å². The fourth-order valence-corrected chi connectivity index (χ4v) is 8.26. The molecule has 0 spiro atoms. The van der Waals surface area contributed by atoms with Crippen LogP contribution in [0, 0.1) is 0 Å². The molecule has 380 valence electrons. The topological polar surface area (TPSA) is 129 Å². The zero-order valence-corrected chi connectivity index (χ0v) is 40.6. The minimum Gasteiger partial charge on any atom is -0.489 e. The molecule has 0 radical (unpaired) electrons. The Kier molecular flexibility index (Phi) is 18.9. The predicted molar refractivity (Wildman–Crippen MR) is 253 cm³/mol. The standard InChI is InChI=1S/C27H33F3N2O4.C25H29F3N2O4/c1-5-35-26(34)11-12-31(4)16-25(33)32-13-10-20-15-21(7-9-24(20)32)36-17-19-6-8-22(18(2)3)23(14-19)27(28,29)30;1-16(2)20-6-4-17(12-21(20)25(26,27)28)15-34-19-5-7-22-18(13-19)8-11-30(22)23(31)14-29(3)10-9-24(32)33/h6-9,14-15,18H,5,10-13,16-17H2,1-4H3;4-7,12-13,16H,8-11,14-15H2,1-3H3,(H,32,33). The van der Waals surface area contributed by atoms with Gasteiger partial charge in [-0.1, -0.05) is 52.0 Å². The number of ether oxygens (including phenoxy) is 3. The van der Waals surface area contributed by atoms with Gasteiger partial charge in [0.25, 0.3) is 0 Å². The molecule has 70 heavy (non-hydrogen) atoms. The number of likely N-dealkylation sites (N-methyl/N-ethyl adjacent to an activating group) is 2. The third kappa shape index (κ3) is 15.2. The number of nitrogens with zero attached hydrogens (tertiary/aromatic N) is 4. The van der Waals surface area contributed by atoms with Crippen molar-refractivity contribution in [3.05, 3.63) is 117 Å². The van der Waals surface area contributed by atoms with Crippen LogP contribution >= 0.6 is 0 Å². The number of fused-ring (bicyclic) bond motifs is 2. The van der Waals surface area contributed by atoms with E-state index in [0.29, 0.717) is 61.7 Å². The summed E-state index contributed by atoms with van der Waals surface area (Å²) in [5.41, 5.74) is 3.55. The summed E-state index contributed by atoms with van der Waals surface area (Å²) in [6, 6.07) is 19.3. The van der Waals surface area contributed by atoms with Gasteiger partial charge in [-0.15, -0.1) is 0 Å². The Morgan fingerprint density at radius 2 is 1.04 bits per heavy atom. The molecule has 18 heteroatoms. The first-order chi connectivity index (χ1) is 32.9. The van der Waals surface area contributed by atoms with Crippen LogP contribution in [0.15, 0.2) is 72.8 Å². The molecular formula is C52H62F6N4O8. The van der Waals surface area contributed by atoms with Crippen LogP contribution in [0.3, 0.4) is 0 Å². The molecule has 1 N–H and O–H groups in total. The Morgan fingerprint density at radius 1 is 0.629 bits per heavy atom. The summed E-state index contributed by atoms with van der Waals surface area (Å²) in [5, 5.41) is 8.78. The molecule has 0 saturated heterocycles. The molecule has 2 heterocycles. The van der Waals surface area contributed by atoms with Gasteiger partial charge >= 0.3 is 24.3 Å². The number of amides is 2. The van der Waals surface area contributed by atoms with Crippen molar-refractivity contribution in [2.24, 2.45) is 0 Å². The number of anilines is 2. The van der Waals surface area contributed by atoms with Crippen LogP contribution < -0.4 is 19.3 Å². The summed E-state index contributed by atoms with van der Waals surface area (Å²) < 4.78 is 97.3. The second kappa shape index (κ2) is 24.1. The van der Waals surface area contributed by atoms with Crippen LogP contribution in [0.4, 0.5) is 37.7 Å². The lowest BCUT2D eigenvalue weighted by molar-refractivity contribution is -0.143. The molecule has 6 rings (SSSR count). The summed E-state index contributed by atoms with van der Waals surface area (Å²) in [4.78, 5) is 54.5. The van der Waals surface area contributed by atoms with Gasteiger partial charge in [-0.25, -0.2) is 0 Å². The second-order valence-corrected chi connectivity index (χ2v) is 18.1. The number of hydrogen-bond acceptors (Lipinski definition) is 9. The predicted octanol–water partition coefficient (Wildman–Crippen LogP) is 9.89. The van der Waals surface area contributed by atoms with Gasteiger partial charge in [-0.05, 0) is 128 Å². The maximum absolute atomic E-state index is 13.5. The average Bonchev–Trinajstić information content (AvgIpc) is 3.93. The number of halogens is 6. The lowest BCUT2D eigenvalue weighted by Crippen LogP contribution is -2.38. The molecule has 0 aliphatic carbocycles. The highest BCUT2D eigenvalue weighted by Gasteiger charge is 2.36. The van der Waals surface area contributed by atoms with E-state index in [0.717, 1.165) is 34.6 Å². The number of hydrogen-bond donors (Lipinski definition) is 1. The van der Waals surface area contributed by atoms with Crippen LogP contribution in [0.25, 0.3) is 0 Å². The monoisotopic (exact) mass is 984 g/mol. The van der Waals surface area contributed by atoms with Crippen LogP contribution in [0.1, 0.15) is 104 Å². The zero-order chi connectivity index (χ0) is 51.5. The van der Waals surface area contributed by atoms with Crippen molar-refractivity contribution in [1.29, 1.82) is 0 Å². The van der Waals surface area contributed by atoms with Gasteiger partial charge in [0.15, 0.2) is 0 Å². The number of carboxylic acid groups (broad SMARTS) is 1. The van der Waals surface area contributed by atoms with E-state index >= 15 is 0 Å². The molecule has 0 bridgehead atoms. The zero-order valence-electron chi connectivity index (χ0n) is 40.6. The number of carbonyl (C=O) groups is 4. The maximum atomic E-state index is 13.5. The third-order valence-electron chi connectivity index (χ3n) is 11.9. The molecule has 0 saturated carbocycles. The largest absolute Gasteiger partial charge is 0.489 e. The Hall–Kier alpha value is -6.14. The molecule has 2 aliphatic rings. The SMILES string of the molecule is CC(C)c1ccc(COc2ccc3c(c2)CCN3C(=O)CN(C)CCC(=O)O)cc1C(F)(F)F.CCOC(=O)CCN(C)CC(=O)N1CCc2cc(OCc3ccc(C(C)C)c(C(F)(F)F)c3)ccc21. The molecule has 0 atom stereocenters. The van der Waals surface area contributed by atoms with Gasteiger partial charge in [-0.3, -0.25) is 29.0 Å². The van der Waals surface area contributed by atoms with E-state index in [1.807, 2.05) is 12.1 Å². The molecule has 12 nitrogen and oxygen atoms in total. The normalized spacial score (nSPS) is 13.4. The van der Waals surface area contributed by atoms with E-state index in [1.54, 1.807) is 105 Å². The van der Waals surface area contributed by atoms with Crippen molar-refractivity contribution < 1.29 is 64.8 Å².